The van der Waals surface area contributed by atoms with E-state index in [-0.39, 0.29) is 23.8 Å². The standard InChI is InChI=1S/C18H21NO6S/c1-19(11-14-12-24-15-6-4-5-7-16(15)25-14)26(20,21)18-10-13(22-2)8-9-17(18)23-3/h4-10,14H,11-12H2,1-3H3/t14-/m1/s1. The molecule has 7 nitrogen and oxygen atoms in total. The first-order valence-electron chi connectivity index (χ1n) is 8.02. The van der Waals surface area contributed by atoms with Crippen molar-refractivity contribution < 1.29 is 27.4 Å². The van der Waals surface area contributed by atoms with Crippen LogP contribution in [0, 0.1) is 0 Å². The Kier molecular flexibility index (Phi) is 5.24. The van der Waals surface area contributed by atoms with Crippen molar-refractivity contribution in [3.05, 3.63) is 42.5 Å². The normalized spacial score (nSPS) is 16.4. The number of hydrogen-bond donors (Lipinski definition) is 0. The Balaban J connectivity index is 1.80. The Morgan fingerprint density at radius 1 is 1.12 bits per heavy atom. The third kappa shape index (κ3) is 3.56. The summed E-state index contributed by atoms with van der Waals surface area (Å²) < 4.78 is 49.0. The van der Waals surface area contributed by atoms with Gasteiger partial charge in [-0.05, 0) is 24.3 Å². The van der Waals surface area contributed by atoms with E-state index in [0.29, 0.717) is 17.2 Å². The summed E-state index contributed by atoms with van der Waals surface area (Å²) in [5, 5.41) is 0. The molecule has 1 atom stereocenters. The zero-order valence-corrected chi connectivity index (χ0v) is 15.7. The van der Waals surface area contributed by atoms with Gasteiger partial charge in [-0.2, -0.15) is 4.31 Å². The molecule has 0 saturated carbocycles. The van der Waals surface area contributed by atoms with E-state index in [4.69, 9.17) is 18.9 Å². The molecule has 0 aromatic heterocycles. The Morgan fingerprint density at radius 3 is 2.54 bits per heavy atom. The summed E-state index contributed by atoms with van der Waals surface area (Å²) in [5.74, 6) is 1.95. The molecule has 140 valence electrons. The maximum absolute atomic E-state index is 13.0. The van der Waals surface area contributed by atoms with Gasteiger partial charge in [0.1, 0.15) is 29.1 Å². The van der Waals surface area contributed by atoms with Crippen LogP contribution in [0.5, 0.6) is 23.0 Å². The van der Waals surface area contributed by atoms with Gasteiger partial charge in [-0.1, -0.05) is 12.1 Å². The third-order valence-corrected chi connectivity index (χ3v) is 5.93. The van der Waals surface area contributed by atoms with Crippen molar-refractivity contribution in [2.75, 3.05) is 34.4 Å². The molecule has 0 amide bonds. The van der Waals surface area contributed by atoms with Gasteiger partial charge in [-0.15, -0.1) is 0 Å². The zero-order valence-electron chi connectivity index (χ0n) is 14.8. The van der Waals surface area contributed by atoms with Crippen LogP contribution < -0.4 is 18.9 Å². The molecule has 0 unspecified atom stereocenters. The summed E-state index contributed by atoms with van der Waals surface area (Å²) in [4.78, 5) is 0.0407. The van der Waals surface area contributed by atoms with Gasteiger partial charge in [0.15, 0.2) is 11.5 Å². The maximum atomic E-state index is 13.0. The fourth-order valence-corrected chi connectivity index (χ4v) is 4.06. The minimum atomic E-state index is -3.80. The average Bonchev–Trinajstić information content (AvgIpc) is 2.67. The second-order valence-corrected chi connectivity index (χ2v) is 7.81. The second-order valence-electron chi connectivity index (χ2n) is 5.80. The van der Waals surface area contributed by atoms with Gasteiger partial charge in [0.05, 0.1) is 20.8 Å². The van der Waals surface area contributed by atoms with Crippen LogP contribution in [0.25, 0.3) is 0 Å². The molecular formula is C18H21NO6S. The molecule has 8 heteroatoms. The number of methoxy groups -OCH3 is 2. The molecule has 0 spiro atoms. The quantitative estimate of drug-likeness (QED) is 0.766. The van der Waals surface area contributed by atoms with Crippen molar-refractivity contribution in [1.29, 1.82) is 0 Å². The molecule has 1 heterocycles. The van der Waals surface area contributed by atoms with E-state index in [1.165, 1.54) is 31.6 Å². The van der Waals surface area contributed by atoms with Crippen LogP contribution in [0.1, 0.15) is 0 Å². The van der Waals surface area contributed by atoms with E-state index in [1.807, 2.05) is 18.2 Å². The van der Waals surface area contributed by atoms with E-state index >= 15 is 0 Å². The largest absolute Gasteiger partial charge is 0.497 e. The van der Waals surface area contributed by atoms with E-state index in [0.717, 1.165) is 0 Å². The molecule has 0 bridgehead atoms. The summed E-state index contributed by atoms with van der Waals surface area (Å²) >= 11 is 0. The smallest absolute Gasteiger partial charge is 0.246 e. The highest BCUT2D eigenvalue weighted by atomic mass is 32.2. The van der Waals surface area contributed by atoms with Crippen LogP contribution >= 0.6 is 0 Å². The molecular weight excluding hydrogens is 358 g/mol. The Hall–Kier alpha value is -2.45. The molecule has 0 aliphatic carbocycles. The van der Waals surface area contributed by atoms with E-state index < -0.39 is 16.1 Å². The first kappa shape index (κ1) is 18.3. The number of para-hydroxylation sites is 2. The van der Waals surface area contributed by atoms with Gasteiger partial charge in [-0.25, -0.2) is 8.42 Å². The molecule has 0 N–H and O–H groups in total. The maximum Gasteiger partial charge on any atom is 0.246 e. The van der Waals surface area contributed by atoms with Crippen molar-refractivity contribution in [2.45, 2.75) is 11.0 Å². The minimum Gasteiger partial charge on any atom is -0.497 e. The molecule has 2 aromatic rings. The summed E-state index contributed by atoms with van der Waals surface area (Å²) in [5.41, 5.74) is 0. The van der Waals surface area contributed by atoms with Crippen LogP contribution in [0.4, 0.5) is 0 Å². The summed E-state index contributed by atoms with van der Waals surface area (Å²) in [7, 11) is 0.605. The highest BCUT2D eigenvalue weighted by Crippen LogP contribution is 2.33. The van der Waals surface area contributed by atoms with Gasteiger partial charge in [-0.3, -0.25) is 0 Å². The number of likely N-dealkylation sites (N-methyl/N-ethyl adjacent to an activating group) is 1. The van der Waals surface area contributed by atoms with Crippen LogP contribution in [0.2, 0.25) is 0 Å². The number of fused-ring (bicyclic) bond motifs is 1. The van der Waals surface area contributed by atoms with E-state index in [9.17, 15) is 8.42 Å². The first-order valence-corrected chi connectivity index (χ1v) is 9.46. The highest BCUT2D eigenvalue weighted by Gasteiger charge is 2.30. The van der Waals surface area contributed by atoms with Crippen LogP contribution in [-0.4, -0.2) is 53.2 Å². The highest BCUT2D eigenvalue weighted by molar-refractivity contribution is 7.89. The average molecular weight is 379 g/mol. The number of sulfonamides is 1. The lowest BCUT2D eigenvalue weighted by atomic mass is 10.2. The Labute approximate surface area is 153 Å². The SMILES string of the molecule is COc1ccc(OC)c(S(=O)(=O)N(C)C[C@@H]2COc3ccccc3O2)c1. The number of hydrogen-bond acceptors (Lipinski definition) is 6. The van der Waals surface area contributed by atoms with Crippen molar-refractivity contribution in [1.82, 2.24) is 4.31 Å². The van der Waals surface area contributed by atoms with Gasteiger partial charge >= 0.3 is 0 Å². The molecule has 0 radical (unpaired) electrons. The lowest BCUT2D eigenvalue weighted by Gasteiger charge is -2.29. The van der Waals surface area contributed by atoms with Crippen molar-refractivity contribution in [3.63, 3.8) is 0 Å². The molecule has 1 aliphatic rings. The third-order valence-electron chi connectivity index (χ3n) is 4.09. The predicted molar refractivity (Wildman–Crippen MR) is 95.7 cm³/mol. The number of ether oxygens (including phenoxy) is 4. The summed E-state index contributed by atoms with van der Waals surface area (Å²) in [6, 6.07) is 12.0. The first-order chi connectivity index (χ1) is 12.5. The molecule has 3 rings (SSSR count). The molecule has 26 heavy (non-hydrogen) atoms. The van der Waals surface area contributed by atoms with Gasteiger partial charge < -0.3 is 18.9 Å². The van der Waals surface area contributed by atoms with Crippen molar-refractivity contribution >= 4 is 10.0 Å². The topological polar surface area (TPSA) is 74.3 Å². The van der Waals surface area contributed by atoms with Crippen LogP contribution in [-0.2, 0) is 10.0 Å². The fraction of sp³-hybridized carbons (Fsp3) is 0.333. The van der Waals surface area contributed by atoms with Gasteiger partial charge in [0.25, 0.3) is 0 Å². The summed E-state index contributed by atoms with van der Waals surface area (Å²) in [6.45, 7) is 0.406. The molecule has 1 aliphatic heterocycles. The lowest BCUT2D eigenvalue weighted by molar-refractivity contribution is 0.0798. The van der Waals surface area contributed by atoms with Crippen molar-refractivity contribution in [2.24, 2.45) is 0 Å². The molecule has 0 fully saturated rings. The lowest BCUT2D eigenvalue weighted by Crippen LogP contribution is -2.41. The summed E-state index contributed by atoms with van der Waals surface area (Å²) in [6.07, 6.45) is -0.415. The van der Waals surface area contributed by atoms with Gasteiger partial charge in [0.2, 0.25) is 10.0 Å². The van der Waals surface area contributed by atoms with Crippen LogP contribution in [0.15, 0.2) is 47.4 Å². The van der Waals surface area contributed by atoms with Crippen molar-refractivity contribution in [3.8, 4) is 23.0 Å². The number of rotatable bonds is 6. The van der Waals surface area contributed by atoms with Gasteiger partial charge in [0, 0.05) is 13.1 Å². The zero-order chi connectivity index (χ0) is 18.7. The second kappa shape index (κ2) is 7.43. The predicted octanol–water partition coefficient (Wildman–Crippen LogP) is 2.16. The number of nitrogens with zero attached hydrogens (tertiary/aromatic N) is 1. The van der Waals surface area contributed by atoms with E-state index in [2.05, 4.69) is 0 Å². The van der Waals surface area contributed by atoms with E-state index in [1.54, 1.807) is 18.2 Å². The van der Waals surface area contributed by atoms with Crippen LogP contribution in [0.3, 0.4) is 0 Å². The monoisotopic (exact) mass is 379 g/mol. The Bertz CT molecular complexity index is 883. The number of benzene rings is 2. The molecule has 0 saturated heterocycles. The molecule has 2 aromatic carbocycles. The fourth-order valence-electron chi connectivity index (χ4n) is 2.69. The minimum absolute atomic E-state index is 0.0407. The Morgan fingerprint density at radius 2 is 1.85 bits per heavy atom.